The lowest BCUT2D eigenvalue weighted by molar-refractivity contribution is -0.167. The summed E-state index contributed by atoms with van der Waals surface area (Å²) in [6.07, 6.45) is 52.4. The van der Waals surface area contributed by atoms with Crippen molar-refractivity contribution in [2.75, 3.05) is 13.2 Å². The van der Waals surface area contributed by atoms with Gasteiger partial charge in [0.2, 0.25) is 0 Å². The van der Waals surface area contributed by atoms with Gasteiger partial charge in [0.1, 0.15) is 13.2 Å². The smallest absolute Gasteiger partial charge is 0.306 e. The number of carbonyl (C=O) groups is 3. The van der Waals surface area contributed by atoms with E-state index < -0.39 is 6.10 Å². The van der Waals surface area contributed by atoms with Crippen LogP contribution in [0.25, 0.3) is 0 Å². The molecule has 0 aromatic heterocycles. The van der Waals surface area contributed by atoms with Gasteiger partial charge in [0.05, 0.1) is 0 Å². The van der Waals surface area contributed by atoms with E-state index in [1.54, 1.807) is 0 Å². The van der Waals surface area contributed by atoms with Crippen LogP contribution in [-0.2, 0) is 28.6 Å². The molecule has 0 aliphatic heterocycles. The molecule has 0 bridgehead atoms. The highest BCUT2D eigenvalue weighted by Crippen LogP contribution is 2.18. The fraction of sp³-hybridized carbons (Fsp3) is 0.949. The summed E-state index contributed by atoms with van der Waals surface area (Å²) in [5, 5.41) is 0. The standard InChI is InChI=1S/C59H114O6/c1-53(2)45-39-33-27-21-15-11-8-7-9-13-17-24-30-36-42-48-57(60)63-51-56(52-64-58(61)49-43-37-31-25-20-19-23-29-35-41-47-55(5)6)65-59(62)50-44-38-32-26-18-14-10-12-16-22-28-34-40-46-54(3)4/h53-56H,7-52H2,1-6H3/t56-/m0/s1. The summed E-state index contributed by atoms with van der Waals surface area (Å²) in [5.74, 6) is 1.66. The molecule has 0 N–H and O–H groups in total. The van der Waals surface area contributed by atoms with Crippen LogP contribution in [0, 0.1) is 17.8 Å². The minimum absolute atomic E-state index is 0.0635. The minimum atomic E-state index is -0.764. The van der Waals surface area contributed by atoms with Crippen LogP contribution in [0.4, 0.5) is 0 Å². The highest BCUT2D eigenvalue weighted by Gasteiger charge is 2.19. The number of esters is 3. The van der Waals surface area contributed by atoms with Gasteiger partial charge in [-0.2, -0.15) is 0 Å². The molecule has 0 amide bonds. The maximum atomic E-state index is 12.9. The van der Waals surface area contributed by atoms with Gasteiger partial charge in [-0.25, -0.2) is 0 Å². The van der Waals surface area contributed by atoms with E-state index in [4.69, 9.17) is 14.2 Å². The Labute approximate surface area is 406 Å². The first-order valence-electron chi connectivity index (χ1n) is 29.1. The average Bonchev–Trinajstić information content (AvgIpc) is 3.26. The maximum absolute atomic E-state index is 12.9. The summed E-state index contributed by atoms with van der Waals surface area (Å²) < 4.78 is 16.9. The molecule has 0 unspecified atom stereocenters. The molecular weight excluding hydrogens is 805 g/mol. The summed E-state index contributed by atoms with van der Waals surface area (Å²) in [5.41, 5.74) is 0. The van der Waals surface area contributed by atoms with Gasteiger partial charge in [-0.05, 0) is 37.0 Å². The number of hydrogen-bond donors (Lipinski definition) is 0. The number of ether oxygens (including phenoxy) is 3. The molecular formula is C59H114O6. The summed E-state index contributed by atoms with van der Waals surface area (Å²) in [7, 11) is 0. The molecule has 0 saturated heterocycles. The summed E-state index contributed by atoms with van der Waals surface area (Å²) in [4.78, 5) is 38.1. The first kappa shape index (κ1) is 63.4. The number of unbranched alkanes of at least 4 members (excludes halogenated alkanes) is 35. The van der Waals surface area contributed by atoms with Crippen molar-refractivity contribution >= 4 is 17.9 Å². The van der Waals surface area contributed by atoms with Gasteiger partial charge >= 0.3 is 17.9 Å². The van der Waals surface area contributed by atoms with Crippen LogP contribution in [0.15, 0.2) is 0 Å². The van der Waals surface area contributed by atoms with Crippen molar-refractivity contribution in [1.82, 2.24) is 0 Å². The summed E-state index contributed by atoms with van der Waals surface area (Å²) in [6, 6.07) is 0. The predicted molar refractivity (Wildman–Crippen MR) is 279 cm³/mol. The molecule has 6 heteroatoms. The second-order valence-electron chi connectivity index (χ2n) is 21.7. The van der Waals surface area contributed by atoms with E-state index in [1.165, 1.54) is 205 Å². The lowest BCUT2D eigenvalue weighted by Crippen LogP contribution is -2.30. The number of rotatable bonds is 52. The Kier molecular flexibility index (Phi) is 49.1. The molecule has 0 rings (SSSR count). The van der Waals surface area contributed by atoms with Crippen molar-refractivity contribution in [3.8, 4) is 0 Å². The molecule has 0 aromatic carbocycles. The Morgan fingerprint density at radius 3 is 0.662 bits per heavy atom. The van der Waals surface area contributed by atoms with Crippen molar-refractivity contribution in [3.63, 3.8) is 0 Å². The quantitative estimate of drug-likeness (QED) is 0.0344. The lowest BCUT2D eigenvalue weighted by atomic mass is 10.0. The van der Waals surface area contributed by atoms with Gasteiger partial charge in [0.15, 0.2) is 6.10 Å². The van der Waals surface area contributed by atoms with Crippen LogP contribution >= 0.6 is 0 Å². The first-order chi connectivity index (χ1) is 31.6. The highest BCUT2D eigenvalue weighted by molar-refractivity contribution is 5.71. The van der Waals surface area contributed by atoms with Crippen molar-refractivity contribution in [2.24, 2.45) is 17.8 Å². The van der Waals surface area contributed by atoms with E-state index in [-0.39, 0.29) is 31.1 Å². The van der Waals surface area contributed by atoms with Crippen LogP contribution in [0.2, 0.25) is 0 Å². The second-order valence-corrected chi connectivity index (χ2v) is 21.7. The zero-order chi connectivity index (χ0) is 47.7. The zero-order valence-corrected chi connectivity index (χ0v) is 44.8. The van der Waals surface area contributed by atoms with Crippen LogP contribution in [0.1, 0.15) is 324 Å². The van der Waals surface area contributed by atoms with Crippen LogP contribution < -0.4 is 0 Å². The summed E-state index contributed by atoms with van der Waals surface area (Å²) in [6.45, 7) is 13.8. The molecule has 0 aromatic rings. The van der Waals surface area contributed by atoms with Gasteiger partial charge in [-0.1, -0.05) is 286 Å². The molecule has 65 heavy (non-hydrogen) atoms. The van der Waals surface area contributed by atoms with Crippen molar-refractivity contribution in [2.45, 2.75) is 330 Å². The SMILES string of the molecule is CC(C)CCCCCCCCCCCCCCCCCC(=O)OC[C@@H](COC(=O)CCCCCCCCCCCCC(C)C)OC(=O)CCCCCCCCCCCCCCCC(C)C. The fourth-order valence-electron chi connectivity index (χ4n) is 9.00. The number of carbonyl (C=O) groups excluding carboxylic acids is 3. The molecule has 0 radical (unpaired) electrons. The zero-order valence-electron chi connectivity index (χ0n) is 44.8. The Balaban J connectivity index is 4.29. The third kappa shape index (κ3) is 53.2. The molecule has 0 aliphatic carbocycles. The monoisotopic (exact) mass is 919 g/mol. The molecule has 6 nitrogen and oxygen atoms in total. The van der Waals surface area contributed by atoms with Gasteiger partial charge in [0.25, 0.3) is 0 Å². The van der Waals surface area contributed by atoms with Gasteiger partial charge in [0, 0.05) is 19.3 Å². The van der Waals surface area contributed by atoms with Gasteiger partial charge in [-0.3, -0.25) is 14.4 Å². The highest BCUT2D eigenvalue weighted by atomic mass is 16.6. The topological polar surface area (TPSA) is 78.9 Å². The second kappa shape index (κ2) is 50.3. The molecule has 0 saturated carbocycles. The Morgan fingerprint density at radius 1 is 0.262 bits per heavy atom. The van der Waals surface area contributed by atoms with Crippen LogP contribution in [-0.4, -0.2) is 37.2 Å². The van der Waals surface area contributed by atoms with E-state index >= 15 is 0 Å². The lowest BCUT2D eigenvalue weighted by Gasteiger charge is -2.18. The molecule has 1 atom stereocenters. The molecule has 0 spiro atoms. The van der Waals surface area contributed by atoms with E-state index in [2.05, 4.69) is 41.5 Å². The van der Waals surface area contributed by atoms with Gasteiger partial charge < -0.3 is 14.2 Å². The largest absolute Gasteiger partial charge is 0.462 e. The summed E-state index contributed by atoms with van der Waals surface area (Å²) >= 11 is 0. The average molecular weight is 920 g/mol. The Bertz CT molecular complexity index is 1010. The maximum Gasteiger partial charge on any atom is 0.306 e. The third-order valence-corrected chi connectivity index (χ3v) is 13.4. The first-order valence-corrected chi connectivity index (χ1v) is 29.1. The van der Waals surface area contributed by atoms with Crippen molar-refractivity contribution in [1.29, 1.82) is 0 Å². The van der Waals surface area contributed by atoms with Crippen molar-refractivity contribution in [3.05, 3.63) is 0 Å². The molecule has 386 valence electrons. The number of hydrogen-bond acceptors (Lipinski definition) is 6. The van der Waals surface area contributed by atoms with E-state index in [1.807, 2.05) is 0 Å². The van der Waals surface area contributed by atoms with Crippen LogP contribution in [0.5, 0.6) is 0 Å². The normalized spacial score (nSPS) is 12.1. The fourth-order valence-corrected chi connectivity index (χ4v) is 9.00. The van der Waals surface area contributed by atoms with Crippen LogP contribution in [0.3, 0.4) is 0 Å². The van der Waals surface area contributed by atoms with E-state index in [9.17, 15) is 14.4 Å². The molecule has 0 heterocycles. The Morgan fingerprint density at radius 2 is 0.446 bits per heavy atom. The molecule has 0 aliphatic rings. The molecule has 0 fully saturated rings. The van der Waals surface area contributed by atoms with Crippen molar-refractivity contribution < 1.29 is 28.6 Å². The predicted octanol–water partition coefficient (Wildman–Crippen LogP) is 19.1. The van der Waals surface area contributed by atoms with E-state index in [0.717, 1.165) is 75.5 Å². The van der Waals surface area contributed by atoms with E-state index in [0.29, 0.717) is 19.3 Å². The third-order valence-electron chi connectivity index (χ3n) is 13.4. The Hall–Kier alpha value is -1.59. The minimum Gasteiger partial charge on any atom is -0.462 e. The van der Waals surface area contributed by atoms with Gasteiger partial charge in [-0.15, -0.1) is 0 Å².